The van der Waals surface area contributed by atoms with Gasteiger partial charge in [0.25, 0.3) is 5.91 Å². The predicted molar refractivity (Wildman–Crippen MR) is 116 cm³/mol. The molecule has 1 heterocycles. The summed E-state index contributed by atoms with van der Waals surface area (Å²) < 4.78 is 10.2. The minimum Gasteiger partial charge on any atom is -0.497 e. The van der Waals surface area contributed by atoms with Crippen LogP contribution in [0, 0.1) is 11.8 Å². The van der Waals surface area contributed by atoms with Crippen molar-refractivity contribution in [2.24, 2.45) is 11.8 Å². The van der Waals surface area contributed by atoms with Gasteiger partial charge in [0.2, 0.25) is 11.8 Å². The molecule has 31 heavy (non-hydrogen) atoms. The van der Waals surface area contributed by atoms with Gasteiger partial charge in [0, 0.05) is 44.8 Å². The third-order valence-electron chi connectivity index (χ3n) is 5.99. The third kappa shape index (κ3) is 6.43. The van der Waals surface area contributed by atoms with Gasteiger partial charge in [-0.15, -0.1) is 0 Å². The number of rotatable bonds is 10. The van der Waals surface area contributed by atoms with Crippen LogP contribution in [0.3, 0.4) is 0 Å². The second-order valence-corrected chi connectivity index (χ2v) is 8.26. The highest BCUT2D eigenvalue weighted by molar-refractivity contribution is 5.94. The molecule has 1 aromatic rings. The van der Waals surface area contributed by atoms with Gasteiger partial charge in [-0.25, -0.2) is 0 Å². The highest BCUT2D eigenvalue weighted by atomic mass is 16.5. The van der Waals surface area contributed by atoms with E-state index in [0.717, 1.165) is 19.3 Å². The van der Waals surface area contributed by atoms with Crippen molar-refractivity contribution in [3.63, 3.8) is 0 Å². The van der Waals surface area contributed by atoms with E-state index in [1.54, 1.807) is 38.5 Å². The van der Waals surface area contributed by atoms with Crippen molar-refractivity contribution in [2.45, 2.75) is 38.1 Å². The molecule has 3 amide bonds. The summed E-state index contributed by atoms with van der Waals surface area (Å²) in [5, 5.41) is 5.90. The molecule has 1 aromatic carbocycles. The molecule has 0 bridgehead atoms. The summed E-state index contributed by atoms with van der Waals surface area (Å²) in [5.41, 5.74) is 0.619. The second kappa shape index (κ2) is 11.1. The first-order valence-corrected chi connectivity index (χ1v) is 11.0. The molecule has 0 aromatic heterocycles. The number of likely N-dealkylation sites (tertiary alicyclic amines) is 1. The zero-order valence-electron chi connectivity index (χ0n) is 18.4. The molecule has 2 N–H and O–H groups in total. The van der Waals surface area contributed by atoms with Gasteiger partial charge in [0.05, 0.1) is 7.11 Å². The Morgan fingerprint density at radius 2 is 1.74 bits per heavy atom. The fourth-order valence-corrected chi connectivity index (χ4v) is 3.90. The lowest BCUT2D eigenvalue weighted by molar-refractivity contribution is -0.131. The fraction of sp³-hybridized carbons (Fsp3) is 0.609. The molecule has 2 aliphatic rings. The Morgan fingerprint density at radius 3 is 2.32 bits per heavy atom. The van der Waals surface area contributed by atoms with Crippen LogP contribution < -0.4 is 15.4 Å². The van der Waals surface area contributed by atoms with Crippen LogP contribution in [0.4, 0.5) is 0 Å². The molecule has 8 heteroatoms. The van der Waals surface area contributed by atoms with Gasteiger partial charge in [0.15, 0.2) is 0 Å². The first kappa shape index (κ1) is 23.1. The number of ether oxygens (including phenoxy) is 2. The average molecular weight is 432 g/mol. The Labute approximate surface area is 183 Å². The van der Waals surface area contributed by atoms with Crippen LogP contribution in [0.1, 0.15) is 42.5 Å². The van der Waals surface area contributed by atoms with Crippen molar-refractivity contribution in [3.05, 3.63) is 29.8 Å². The predicted octanol–water partition coefficient (Wildman–Crippen LogP) is 1.59. The molecule has 1 saturated heterocycles. The smallest absolute Gasteiger partial charge is 0.253 e. The van der Waals surface area contributed by atoms with Gasteiger partial charge in [0.1, 0.15) is 11.8 Å². The first-order chi connectivity index (χ1) is 15.0. The van der Waals surface area contributed by atoms with E-state index >= 15 is 0 Å². The molecule has 1 aliphatic heterocycles. The molecule has 0 spiro atoms. The van der Waals surface area contributed by atoms with Crippen molar-refractivity contribution in [1.29, 1.82) is 0 Å². The van der Waals surface area contributed by atoms with E-state index in [1.807, 2.05) is 4.90 Å². The van der Waals surface area contributed by atoms with Gasteiger partial charge in [-0.1, -0.05) is 0 Å². The van der Waals surface area contributed by atoms with Crippen LogP contribution in [0.2, 0.25) is 0 Å². The summed E-state index contributed by atoms with van der Waals surface area (Å²) >= 11 is 0. The van der Waals surface area contributed by atoms with Crippen LogP contribution in [0.15, 0.2) is 24.3 Å². The van der Waals surface area contributed by atoms with Crippen LogP contribution in [0.5, 0.6) is 5.75 Å². The van der Waals surface area contributed by atoms with Crippen molar-refractivity contribution < 1.29 is 23.9 Å². The maximum absolute atomic E-state index is 12.8. The largest absolute Gasteiger partial charge is 0.497 e. The molecule has 2 fully saturated rings. The summed E-state index contributed by atoms with van der Waals surface area (Å²) in [6, 6.07) is 6.52. The number of methoxy groups -OCH3 is 2. The van der Waals surface area contributed by atoms with Crippen LogP contribution in [0.25, 0.3) is 0 Å². The summed E-state index contributed by atoms with van der Waals surface area (Å²) in [7, 11) is 3.22. The lowest BCUT2D eigenvalue weighted by atomic mass is 9.88. The molecular weight excluding hydrogens is 398 g/mol. The standard InChI is InChI=1S/C23H33N3O5/c1-30-15-3-12-24-22(28)20(25-21(27)17-4-5-17)16-10-13-26(14-11-16)23(29)18-6-8-19(31-2)9-7-18/h6-9,16-17,20H,3-5,10-15H2,1-2H3,(H,24,28)(H,25,27). The molecule has 1 aliphatic carbocycles. The molecule has 170 valence electrons. The van der Waals surface area contributed by atoms with E-state index in [2.05, 4.69) is 10.6 Å². The van der Waals surface area contributed by atoms with Crippen molar-refractivity contribution in [1.82, 2.24) is 15.5 Å². The summed E-state index contributed by atoms with van der Waals surface area (Å²) in [6.07, 6.45) is 3.85. The lowest BCUT2D eigenvalue weighted by Gasteiger charge is -2.36. The summed E-state index contributed by atoms with van der Waals surface area (Å²) in [4.78, 5) is 39.8. The zero-order chi connectivity index (χ0) is 22.2. The van der Waals surface area contributed by atoms with E-state index in [0.29, 0.717) is 50.4 Å². The monoisotopic (exact) mass is 431 g/mol. The minimum atomic E-state index is -0.561. The Balaban J connectivity index is 1.57. The van der Waals surface area contributed by atoms with Crippen LogP contribution in [-0.2, 0) is 14.3 Å². The zero-order valence-corrected chi connectivity index (χ0v) is 18.4. The minimum absolute atomic E-state index is 0.00467. The van der Waals surface area contributed by atoms with Crippen molar-refractivity contribution in [3.8, 4) is 5.75 Å². The summed E-state index contributed by atoms with van der Waals surface area (Å²) in [6.45, 7) is 2.20. The third-order valence-corrected chi connectivity index (χ3v) is 5.99. The first-order valence-electron chi connectivity index (χ1n) is 11.0. The van der Waals surface area contributed by atoms with Crippen molar-refractivity contribution in [2.75, 3.05) is 40.5 Å². The Morgan fingerprint density at radius 1 is 1.06 bits per heavy atom. The van der Waals surface area contributed by atoms with Crippen molar-refractivity contribution >= 4 is 17.7 Å². The Bertz CT molecular complexity index is 755. The van der Waals surface area contributed by atoms with E-state index in [4.69, 9.17) is 9.47 Å². The molecule has 1 saturated carbocycles. The highest BCUT2D eigenvalue weighted by Gasteiger charge is 2.37. The molecule has 1 atom stereocenters. The molecular formula is C23H33N3O5. The molecule has 8 nitrogen and oxygen atoms in total. The number of carbonyl (C=O) groups excluding carboxylic acids is 3. The summed E-state index contributed by atoms with van der Waals surface area (Å²) in [5.74, 6) is 0.550. The maximum atomic E-state index is 12.8. The van der Waals surface area contributed by atoms with Crippen LogP contribution in [-0.4, -0.2) is 69.1 Å². The van der Waals surface area contributed by atoms with E-state index in [1.165, 1.54) is 0 Å². The van der Waals surface area contributed by atoms with Gasteiger partial charge in [-0.2, -0.15) is 0 Å². The van der Waals surface area contributed by atoms with Crippen LogP contribution >= 0.6 is 0 Å². The van der Waals surface area contributed by atoms with E-state index in [-0.39, 0.29) is 29.6 Å². The second-order valence-electron chi connectivity index (χ2n) is 8.26. The van der Waals surface area contributed by atoms with E-state index < -0.39 is 6.04 Å². The van der Waals surface area contributed by atoms with Gasteiger partial charge in [-0.05, 0) is 62.3 Å². The lowest BCUT2D eigenvalue weighted by Crippen LogP contribution is -2.54. The number of nitrogens with one attached hydrogen (secondary N) is 2. The number of piperidine rings is 1. The SMILES string of the molecule is COCCCNC(=O)C(NC(=O)C1CC1)C1CCN(C(=O)c2ccc(OC)cc2)CC1. The number of amides is 3. The number of hydrogen-bond acceptors (Lipinski definition) is 5. The molecule has 0 radical (unpaired) electrons. The number of hydrogen-bond donors (Lipinski definition) is 2. The molecule has 1 unspecified atom stereocenters. The normalized spacial score (nSPS) is 17.7. The highest BCUT2D eigenvalue weighted by Crippen LogP contribution is 2.30. The topological polar surface area (TPSA) is 97.0 Å². The number of benzene rings is 1. The number of nitrogens with zero attached hydrogens (tertiary/aromatic N) is 1. The average Bonchev–Trinajstić information content (AvgIpc) is 3.65. The van der Waals surface area contributed by atoms with Gasteiger partial charge < -0.3 is 25.0 Å². The Kier molecular flexibility index (Phi) is 8.28. The van der Waals surface area contributed by atoms with Gasteiger partial charge >= 0.3 is 0 Å². The number of carbonyl (C=O) groups is 3. The maximum Gasteiger partial charge on any atom is 0.253 e. The van der Waals surface area contributed by atoms with E-state index in [9.17, 15) is 14.4 Å². The Hall–Kier alpha value is -2.61. The fourth-order valence-electron chi connectivity index (χ4n) is 3.90. The molecule has 3 rings (SSSR count). The quantitative estimate of drug-likeness (QED) is 0.549. The van der Waals surface area contributed by atoms with Gasteiger partial charge in [-0.3, -0.25) is 14.4 Å².